The molecule has 1 saturated heterocycles. The highest BCUT2D eigenvalue weighted by atomic mass is 127. The van der Waals surface area contributed by atoms with Crippen LogP contribution in [-0.2, 0) is 24.4 Å². The van der Waals surface area contributed by atoms with Gasteiger partial charge in [0.2, 0.25) is 0 Å². The highest BCUT2D eigenvalue weighted by Crippen LogP contribution is 2.17. The Bertz CT molecular complexity index is 817. The third kappa shape index (κ3) is 7.18. The quantitative estimate of drug-likeness (QED) is 0.341. The van der Waals surface area contributed by atoms with Crippen LogP contribution in [0.5, 0.6) is 0 Å². The van der Waals surface area contributed by atoms with E-state index in [9.17, 15) is 0 Å². The number of benzene rings is 1. The van der Waals surface area contributed by atoms with Crippen molar-refractivity contribution in [3.05, 3.63) is 51.5 Å². The molecule has 1 aliphatic heterocycles. The summed E-state index contributed by atoms with van der Waals surface area (Å²) >= 11 is 1.68. The van der Waals surface area contributed by atoms with Crippen molar-refractivity contribution in [2.75, 3.05) is 27.2 Å². The minimum atomic E-state index is 0. The Hall–Kier alpha value is -1.23. The number of ether oxygens (including phenoxy) is 1. The third-order valence-electron chi connectivity index (χ3n) is 5.08. The number of thiazole rings is 1. The maximum Gasteiger partial charge on any atom is 0.194 e. The molecule has 3 rings (SSSR count). The second kappa shape index (κ2) is 12.0. The molecule has 0 amide bonds. The summed E-state index contributed by atoms with van der Waals surface area (Å²) in [6, 6.07) is 8.66. The molecule has 1 N–H and O–H groups in total. The summed E-state index contributed by atoms with van der Waals surface area (Å²) in [5.74, 6) is 0.874. The monoisotopic (exact) mass is 543 g/mol. The van der Waals surface area contributed by atoms with E-state index in [1.807, 2.05) is 21.0 Å². The van der Waals surface area contributed by atoms with Crippen LogP contribution < -0.4 is 5.32 Å². The van der Waals surface area contributed by atoms with Gasteiger partial charge in [-0.15, -0.1) is 35.3 Å². The minimum absolute atomic E-state index is 0. The standard InChI is InChI=1S/C22H33N5OS.HI/c1-16-11-27(12-17(2)28-16)13-20-9-7-6-8-19(20)10-24-22(23-4)26(5)14-21-15-29-18(3)25-21;/h6-9,15-17H,10-14H2,1-5H3,(H,23,24);1H. The zero-order valence-electron chi connectivity index (χ0n) is 18.6. The van der Waals surface area contributed by atoms with Crippen LogP contribution in [0.25, 0.3) is 0 Å². The van der Waals surface area contributed by atoms with Gasteiger partial charge in [-0.2, -0.15) is 0 Å². The van der Waals surface area contributed by atoms with E-state index in [1.54, 1.807) is 11.3 Å². The maximum absolute atomic E-state index is 5.87. The molecule has 0 radical (unpaired) electrons. The van der Waals surface area contributed by atoms with Gasteiger partial charge >= 0.3 is 0 Å². The molecule has 0 bridgehead atoms. The zero-order chi connectivity index (χ0) is 20.8. The van der Waals surface area contributed by atoms with Crippen LogP contribution in [0.3, 0.4) is 0 Å². The summed E-state index contributed by atoms with van der Waals surface area (Å²) in [4.78, 5) is 13.6. The van der Waals surface area contributed by atoms with Gasteiger partial charge in [0.15, 0.2) is 5.96 Å². The first-order valence-corrected chi connectivity index (χ1v) is 11.1. The number of aromatic nitrogens is 1. The van der Waals surface area contributed by atoms with Crippen molar-refractivity contribution in [1.29, 1.82) is 0 Å². The largest absolute Gasteiger partial charge is 0.373 e. The molecule has 30 heavy (non-hydrogen) atoms. The predicted octanol–water partition coefficient (Wildman–Crippen LogP) is 3.89. The molecule has 6 nitrogen and oxygen atoms in total. The molecule has 2 heterocycles. The molecule has 2 atom stereocenters. The molecule has 0 aliphatic carbocycles. The SMILES string of the molecule is CN=C(NCc1ccccc1CN1CC(C)OC(C)C1)N(C)Cc1csc(C)n1.I. The third-order valence-corrected chi connectivity index (χ3v) is 5.91. The van der Waals surface area contributed by atoms with Crippen molar-refractivity contribution in [2.24, 2.45) is 4.99 Å². The number of guanidine groups is 1. The number of aliphatic imine (C=N–C) groups is 1. The van der Waals surface area contributed by atoms with Gasteiger partial charge in [0, 0.05) is 45.7 Å². The lowest BCUT2D eigenvalue weighted by Crippen LogP contribution is -2.45. The van der Waals surface area contributed by atoms with Crippen LogP contribution in [0.2, 0.25) is 0 Å². The van der Waals surface area contributed by atoms with Gasteiger partial charge in [-0.1, -0.05) is 24.3 Å². The topological polar surface area (TPSA) is 53.0 Å². The summed E-state index contributed by atoms with van der Waals surface area (Å²) in [6.07, 6.45) is 0.566. The Morgan fingerprint density at radius 3 is 2.53 bits per heavy atom. The molecule has 166 valence electrons. The average Bonchev–Trinajstić information content (AvgIpc) is 3.07. The highest BCUT2D eigenvalue weighted by molar-refractivity contribution is 14.0. The first kappa shape index (κ1) is 25.0. The molecule has 0 spiro atoms. The maximum atomic E-state index is 5.87. The van der Waals surface area contributed by atoms with E-state index in [0.29, 0.717) is 0 Å². The molecule has 1 aromatic heterocycles. The van der Waals surface area contributed by atoms with Crippen molar-refractivity contribution in [1.82, 2.24) is 20.1 Å². The van der Waals surface area contributed by atoms with Gasteiger partial charge in [-0.3, -0.25) is 9.89 Å². The lowest BCUT2D eigenvalue weighted by molar-refractivity contribution is -0.0705. The van der Waals surface area contributed by atoms with Crippen LogP contribution >= 0.6 is 35.3 Å². The lowest BCUT2D eigenvalue weighted by atomic mass is 10.1. The Balaban J connectivity index is 0.00000320. The number of hydrogen-bond donors (Lipinski definition) is 1. The van der Waals surface area contributed by atoms with E-state index in [2.05, 4.69) is 68.6 Å². The summed E-state index contributed by atoms with van der Waals surface area (Å²) in [5, 5.41) is 6.72. The highest BCUT2D eigenvalue weighted by Gasteiger charge is 2.22. The Labute approximate surface area is 201 Å². The number of nitrogens with zero attached hydrogens (tertiary/aromatic N) is 4. The van der Waals surface area contributed by atoms with E-state index < -0.39 is 0 Å². The van der Waals surface area contributed by atoms with Crippen LogP contribution in [0, 0.1) is 6.92 Å². The van der Waals surface area contributed by atoms with Gasteiger partial charge in [0.25, 0.3) is 0 Å². The molecule has 8 heteroatoms. The Morgan fingerprint density at radius 1 is 1.27 bits per heavy atom. The normalized spacial score (nSPS) is 20.0. The Kier molecular flexibility index (Phi) is 9.99. The molecule has 0 saturated carbocycles. The number of aryl methyl sites for hydroxylation is 1. The smallest absolute Gasteiger partial charge is 0.194 e. The second-order valence-electron chi connectivity index (χ2n) is 7.83. The number of halogens is 1. The fraction of sp³-hybridized carbons (Fsp3) is 0.545. The van der Waals surface area contributed by atoms with E-state index in [4.69, 9.17) is 4.74 Å². The van der Waals surface area contributed by atoms with E-state index in [0.717, 1.165) is 49.4 Å². The summed E-state index contributed by atoms with van der Waals surface area (Å²) in [7, 11) is 3.87. The zero-order valence-corrected chi connectivity index (χ0v) is 21.7. The van der Waals surface area contributed by atoms with Gasteiger partial charge in [0.1, 0.15) is 0 Å². The summed E-state index contributed by atoms with van der Waals surface area (Å²) in [6.45, 7) is 10.7. The van der Waals surface area contributed by atoms with E-state index in [-0.39, 0.29) is 36.2 Å². The van der Waals surface area contributed by atoms with Crippen molar-refractivity contribution in [3.63, 3.8) is 0 Å². The molecule has 1 aliphatic rings. The molecule has 1 aromatic carbocycles. The van der Waals surface area contributed by atoms with Crippen molar-refractivity contribution < 1.29 is 4.74 Å². The number of hydrogen-bond acceptors (Lipinski definition) is 5. The molecular weight excluding hydrogens is 509 g/mol. The van der Waals surface area contributed by atoms with Crippen molar-refractivity contribution in [2.45, 2.75) is 52.6 Å². The van der Waals surface area contributed by atoms with Gasteiger partial charge < -0.3 is 15.0 Å². The van der Waals surface area contributed by atoms with Crippen molar-refractivity contribution >= 4 is 41.3 Å². The van der Waals surface area contributed by atoms with Crippen LogP contribution in [-0.4, -0.2) is 60.1 Å². The van der Waals surface area contributed by atoms with Crippen LogP contribution in [0.1, 0.15) is 35.7 Å². The molecule has 2 unspecified atom stereocenters. The fourth-order valence-corrected chi connectivity index (χ4v) is 4.50. The second-order valence-corrected chi connectivity index (χ2v) is 8.90. The predicted molar refractivity (Wildman–Crippen MR) is 136 cm³/mol. The van der Waals surface area contributed by atoms with E-state index >= 15 is 0 Å². The number of rotatable bonds is 6. The summed E-state index contributed by atoms with van der Waals surface area (Å²) < 4.78 is 5.87. The first-order valence-electron chi connectivity index (χ1n) is 10.2. The number of nitrogens with one attached hydrogen (secondary N) is 1. The van der Waals surface area contributed by atoms with Crippen LogP contribution in [0.4, 0.5) is 0 Å². The van der Waals surface area contributed by atoms with Crippen LogP contribution in [0.15, 0.2) is 34.6 Å². The molecule has 2 aromatic rings. The molecule has 1 fully saturated rings. The molecular formula is C22H34IN5OS. The summed E-state index contributed by atoms with van der Waals surface area (Å²) in [5.41, 5.74) is 3.74. The first-order chi connectivity index (χ1) is 13.9. The fourth-order valence-electron chi connectivity index (χ4n) is 3.90. The van der Waals surface area contributed by atoms with Gasteiger partial charge in [0.05, 0.1) is 29.5 Å². The average molecular weight is 544 g/mol. The van der Waals surface area contributed by atoms with Gasteiger partial charge in [-0.05, 0) is 31.9 Å². The number of morpholine rings is 1. The minimum Gasteiger partial charge on any atom is -0.373 e. The van der Waals surface area contributed by atoms with Gasteiger partial charge in [-0.25, -0.2) is 4.98 Å². The Morgan fingerprint density at radius 2 is 1.93 bits per heavy atom. The lowest BCUT2D eigenvalue weighted by Gasteiger charge is -2.35. The van der Waals surface area contributed by atoms with Crippen molar-refractivity contribution in [3.8, 4) is 0 Å². The van der Waals surface area contributed by atoms with E-state index in [1.165, 1.54) is 11.1 Å².